The van der Waals surface area contributed by atoms with E-state index in [0.717, 1.165) is 16.9 Å². The van der Waals surface area contributed by atoms with E-state index < -0.39 is 0 Å². The number of benzene rings is 1. The van der Waals surface area contributed by atoms with Crippen LogP contribution < -0.4 is 19.9 Å². The lowest BCUT2D eigenvalue weighted by molar-refractivity contribution is 0.300. The van der Waals surface area contributed by atoms with E-state index in [1.54, 1.807) is 32.5 Å². The van der Waals surface area contributed by atoms with Crippen LogP contribution in [0.1, 0.15) is 17.0 Å². The largest absolute Gasteiger partial charge is 0.496 e. The van der Waals surface area contributed by atoms with Crippen LogP contribution >= 0.6 is 0 Å². The molecule has 0 unspecified atom stereocenters. The fraction of sp³-hybridized carbons (Fsp3) is 0.263. The van der Waals surface area contributed by atoms with Gasteiger partial charge in [0.25, 0.3) is 0 Å². The third-order valence-electron chi connectivity index (χ3n) is 4.07. The summed E-state index contributed by atoms with van der Waals surface area (Å²) in [6.45, 7) is 3.99. The van der Waals surface area contributed by atoms with Crippen molar-refractivity contribution in [1.82, 2.24) is 9.97 Å². The van der Waals surface area contributed by atoms with Crippen molar-refractivity contribution in [2.24, 2.45) is 0 Å². The van der Waals surface area contributed by atoms with Gasteiger partial charge >= 0.3 is 0 Å². The fourth-order valence-electron chi connectivity index (χ4n) is 2.67. The normalized spacial score (nSPS) is 10.6. The number of nitrogen functional groups attached to an aromatic ring is 1. The maximum Gasteiger partial charge on any atom is 0.230 e. The maximum atomic E-state index is 5.83. The highest BCUT2D eigenvalue weighted by Gasteiger charge is 2.19. The molecule has 3 aromatic rings. The molecule has 0 aliphatic heterocycles. The predicted molar refractivity (Wildman–Crippen MR) is 97.5 cm³/mol. The molecule has 0 aliphatic rings. The van der Waals surface area contributed by atoms with Crippen LogP contribution in [0.3, 0.4) is 0 Å². The Labute approximate surface area is 151 Å². The lowest BCUT2D eigenvalue weighted by Gasteiger charge is -2.12. The topological polar surface area (TPSA) is 92.6 Å². The van der Waals surface area contributed by atoms with Gasteiger partial charge in [-0.1, -0.05) is 0 Å². The molecule has 2 heterocycles. The Kier molecular flexibility index (Phi) is 4.97. The molecule has 7 heteroatoms. The van der Waals surface area contributed by atoms with Crippen LogP contribution in [0.2, 0.25) is 0 Å². The highest BCUT2D eigenvalue weighted by Crippen LogP contribution is 2.38. The van der Waals surface area contributed by atoms with Crippen LogP contribution in [0.15, 0.2) is 34.9 Å². The van der Waals surface area contributed by atoms with Crippen molar-refractivity contribution in [3.8, 4) is 28.7 Å². The maximum absolute atomic E-state index is 5.83. The van der Waals surface area contributed by atoms with Crippen molar-refractivity contribution >= 4 is 5.82 Å². The smallest absolute Gasteiger partial charge is 0.230 e. The Morgan fingerprint density at radius 1 is 1.08 bits per heavy atom. The molecular weight excluding hydrogens is 334 g/mol. The average molecular weight is 355 g/mol. The van der Waals surface area contributed by atoms with Crippen LogP contribution in [0, 0.1) is 13.8 Å². The number of aryl methyl sites for hydroxylation is 1. The molecule has 0 spiro atoms. The number of nitrogens with zero attached hydrogens (tertiary/aromatic N) is 2. The van der Waals surface area contributed by atoms with Crippen molar-refractivity contribution in [2.75, 3.05) is 20.0 Å². The second kappa shape index (κ2) is 7.35. The van der Waals surface area contributed by atoms with E-state index in [4.69, 9.17) is 24.4 Å². The van der Waals surface area contributed by atoms with E-state index in [9.17, 15) is 0 Å². The number of methoxy groups -OCH3 is 2. The predicted octanol–water partition coefficient (Wildman–Crippen LogP) is 3.53. The third kappa shape index (κ3) is 3.28. The second-order valence-electron chi connectivity index (χ2n) is 5.67. The number of oxazole rings is 1. The molecule has 136 valence electrons. The number of pyridine rings is 1. The summed E-state index contributed by atoms with van der Waals surface area (Å²) in [5.41, 5.74) is 8.10. The summed E-state index contributed by atoms with van der Waals surface area (Å²) in [6.07, 6.45) is 1.61. The summed E-state index contributed by atoms with van der Waals surface area (Å²) in [6, 6.07) is 7.24. The summed E-state index contributed by atoms with van der Waals surface area (Å²) in [7, 11) is 3.23. The first-order valence-electron chi connectivity index (χ1n) is 8.06. The zero-order valence-electron chi connectivity index (χ0n) is 15.2. The number of aromatic nitrogens is 2. The van der Waals surface area contributed by atoms with Gasteiger partial charge in [0.15, 0.2) is 11.6 Å². The number of rotatable bonds is 6. The summed E-state index contributed by atoms with van der Waals surface area (Å²) >= 11 is 0. The van der Waals surface area contributed by atoms with E-state index in [1.807, 2.05) is 26.0 Å². The van der Waals surface area contributed by atoms with E-state index in [1.165, 1.54) is 0 Å². The molecule has 1 aromatic carbocycles. The van der Waals surface area contributed by atoms with Gasteiger partial charge in [-0.3, -0.25) is 0 Å². The molecule has 0 aliphatic carbocycles. The summed E-state index contributed by atoms with van der Waals surface area (Å²) < 4.78 is 22.4. The van der Waals surface area contributed by atoms with E-state index in [0.29, 0.717) is 34.7 Å². The molecule has 0 saturated carbocycles. The molecule has 3 rings (SSSR count). The first-order chi connectivity index (χ1) is 12.5. The van der Waals surface area contributed by atoms with Crippen molar-refractivity contribution in [3.63, 3.8) is 0 Å². The fourth-order valence-corrected chi connectivity index (χ4v) is 2.67. The first kappa shape index (κ1) is 17.6. The second-order valence-corrected chi connectivity index (χ2v) is 5.67. The van der Waals surface area contributed by atoms with Gasteiger partial charge < -0.3 is 24.4 Å². The number of nitrogens with two attached hydrogens (primary N) is 1. The minimum Gasteiger partial charge on any atom is -0.496 e. The zero-order valence-corrected chi connectivity index (χ0v) is 15.2. The summed E-state index contributed by atoms with van der Waals surface area (Å²) in [5, 5.41) is 0. The van der Waals surface area contributed by atoms with Gasteiger partial charge in [0, 0.05) is 11.8 Å². The first-order valence-corrected chi connectivity index (χ1v) is 8.06. The Bertz CT molecular complexity index is 921. The zero-order chi connectivity index (χ0) is 18.7. The standard InChI is InChI=1S/C19H21N3O4/c1-11-15(23-3)8-7-13(17(11)24-4)19-22-14(12(2)26-19)10-25-16-6-5-9-21-18(16)20/h5-9H,10H2,1-4H3,(H2,20,21). The molecule has 0 bridgehead atoms. The van der Waals surface area contributed by atoms with Gasteiger partial charge in [-0.15, -0.1) is 0 Å². The van der Waals surface area contributed by atoms with Crippen LogP contribution in [0.25, 0.3) is 11.5 Å². The third-order valence-corrected chi connectivity index (χ3v) is 4.07. The van der Waals surface area contributed by atoms with E-state index >= 15 is 0 Å². The van der Waals surface area contributed by atoms with Gasteiger partial charge in [-0.25, -0.2) is 9.97 Å². The van der Waals surface area contributed by atoms with Gasteiger partial charge in [0.05, 0.1) is 19.8 Å². The Morgan fingerprint density at radius 3 is 2.58 bits per heavy atom. The van der Waals surface area contributed by atoms with Gasteiger partial charge in [-0.05, 0) is 38.1 Å². The molecular formula is C19H21N3O4. The van der Waals surface area contributed by atoms with E-state index in [-0.39, 0.29) is 6.61 Å². The molecule has 0 saturated heterocycles. The van der Waals surface area contributed by atoms with Crippen molar-refractivity contribution in [1.29, 1.82) is 0 Å². The Hall–Kier alpha value is -3.22. The van der Waals surface area contributed by atoms with Gasteiger partial charge in [0.1, 0.15) is 29.6 Å². The quantitative estimate of drug-likeness (QED) is 0.723. The molecule has 2 aromatic heterocycles. The molecule has 7 nitrogen and oxygen atoms in total. The van der Waals surface area contributed by atoms with Crippen LogP contribution in [-0.2, 0) is 6.61 Å². The Balaban J connectivity index is 1.89. The van der Waals surface area contributed by atoms with Crippen LogP contribution in [0.5, 0.6) is 17.2 Å². The number of hydrogen-bond donors (Lipinski definition) is 1. The molecule has 0 atom stereocenters. The SMILES string of the molecule is COc1ccc(-c2nc(COc3cccnc3N)c(C)o2)c(OC)c1C. The Morgan fingerprint density at radius 2 is 1.88 bits per heavy atom. The highest BCUT2D eigenvalue weighted by molar-refractivity contribution is 5.68. The van der Waals surface area contributed by atoms with Crippen LogP contribution in [-0.4, -0.2) is 24.2 Å². The number of hydrogen-bond acceptors (Lipinski definition) is 7. The summed E-state index contributed by atoms with van der Waals surface area (Å²) in [5.74, 6) is 3.37. The molecule has 0 radical (unpaired) electrons. The monoisotopic (exact) mass is 355 g/mol. The van der Waals surface area contributed by atoms with Gasteiger partial charge in [-0.2, -0.15) is 0 Å². The van der Waals surface area contributed by atoms with Crippen molar-refractivity contribution in [3.05, 3.63) is 47.5 Å². The minimum absolute atomic E-state index is 0.225. The van der Waals surface area contributed by atoms with E-state index in [2.05, 4.69) is 9.97 Å². The summed E-state index contributed by atoms with van der Waals surface area (Å²) in [4.78, 5) is 8.55. The number of anilines is 1. The number of ether oxygens (including phenoxy) is 3. The van der Waals surface area contributed by atoms with Crippen molar-refractivity contribution in [2.45, 2.75) is 20.5 Å². The molecule has 26 heavy (non-hydrogen) atoms. The molecule has 2 N–H and O–H groups in total. The van der Waals surface area contributed by atoms with Gasteiger partial charge in [0.2, 0.25) is 5.89 Å². The van der Waals surface area contributed by atoms with Crippen LogP contribution in [0.4, 0.5) is 5.82 Å². The lowest BCUT2D eigenvalue weighted by atomic mass is 10.1. The molecule has 0 amide bonds. The minimum atomic E-state index is 0.225. The molecule has 0 fully saturated rings. The highest BCUT2D eigenvalue weighted by atomic mass is 16.5. The average Bonchev–Trinajstić information content (AvgIpc) is 3.01. The van der Waals surface area contributed by atoms with Crippen molar-refractivity contribution < 1.29 is 18.6 Å². The lowest BCUT2D eigenvalue weighted by Crippen LogP contribution is -2.01.